The van der Waals surface area contributed by atoms with E-state index in [9.17, 15) is 0 Å². The third kappa shape index (κ3) is 3.17. The van der Waals surface area contributed by atoms with E-state index >= 15 is 0 Å². The fourth-order valence-electron chi connectivity index (χ4n) is 2.05. The van der Waals surface area contributed by atoms with Crippen LogP contribution in [0.4, 0.5) is 0 Å². The molecule has 1 N–H and O–H groups in total. The second-order valence-electron chi connectivity index (χ2n) is 4.25. The lowest BCUT2D eigenvalue weighted by molar-refractivity contribution is 0.549. The molecule has 1 atom stereocenters. The Kier molecular flexibility index (Phi) is 3.94. The molecule has 2 rings (SSSR count). The molecule has 90 valence electrons. The highest BCUT2D eigenvalue weighted by Gasteiger charge is 2.11. The standard InChI is InChI=1S/C14H19N3/c1-3-15-14(13-7-5-4-6-8-13)9-12-10-16-17(2)11-12/h4-8,10-11,14-15H,3,9H2,1-2H3. The molecule has 0 aliphatic heterocycles. The predicted octanol–water partition coefficient (Wildman–Crippen LogP) is 2.31. The van der Waals surface area contributed by atoms with Gasteiger partial charge in [0.05, 0.1) is 6.20 Å². The fraction of sp³-hybridized carbons (Fsp3) is 0.357. The molecule has 1 unspecified atom stereocenters. The molecular formula is C14H19N3. The van der Waals surface area contributed by atoms with Crippen molar-refractivity contribution in [1.82, 2.24) is 15.1 Å². The summed E-state index contributed by atoms with van der Waals surface area (Å²) in [5.74, 6) is 0. The Bertz CT molecular complexity index is 448. The second kappa shape index (κ2) is 5.64. The van der Waals surface area contributed by atoms with Crippen LogP contribution in [0, 0.1) is 0 Å². The van der Waals surface area contributed by atoms with E-state index in [4.69, 9.17) is 0 Å². The van der Waals surface area contributed by atoms with Crippen molar-refractivity contribution in [3.8, 4) is 0 Å². The molecule has 3 nitrogen and oxygen atoms in total. The molecule has 0 amide bonds. The van der Waals surface area contributed by atoms with Crippen molar-refractivity contribution in [2.45, 2.75) is 19.4 Å². The van der Waals surface area contributed by atoms with E-state index in [1.807, 2.05) is 17.9 Å². The van der Waals surface area contributed by atoms with E-state index < -0.39 is 0 Å². The highest BCUT2D eigenvalue weighted by atomic mass is 15.2. The van der Waals surface area contributed by atoms with Gasteiger partial charge in [0.15, 0.2) is 0 Å². The average Bonchev–Trinajstić information content (AvgIpc) is 2.75. The van der Waals surface area contributed by atoms with Gasteiger partial charge < -0.3 is 5.32 Å². The minimum Gasteiger partial charge on any atom is -0.310 e. The molecule has 0 fully saturated rings. The maximum absolute atomic E-state index is 4.21. The first-order chi connectivity index (χ1) is 8.29. The zero-order valence-corrected chi connectivity index (χ0v) is 10.4. The third-order valence-electron chi connectivity index (χ3n) is 2.85. The maximum Gasteiger partial charge on any atom is 0.0522 e. The van der Waals surface area contributed by atoms with Gasteiger partial charge in [-0.05, 0) is 24.1 Å². The lowest BCUT2D eigenvalue weighted by Crippen LogP contribution is -2.22. The second-order valence-corrected chi connectivity index (χ2v) is 4.25. The van der Waals surface area contributed by atoms with E-state index in [1.54, 1.807) is 0 Å². The van der Waals surface area contributed by atoms with E-state index in [-0.39, 0.29) is 0 Å². The zero-order valence-electron chi connectivity index (χ0n) is 10.4. The van der Waals surface area contributed by atoms with Gasteiger partial charge in [-0.3, -0.25) is 4.68 Å². The monoisotopic (exact) mass is 229 g/mol. The first-order valence-electron chi connectivity index (χ1n) is 6.05. The Morgan fingerprint density at radius 2 is 2.06 bits per heavy atom. The molecule has 3 heteroatoms. The van der Waals surface area contributed by atoms with Gasteiger partial charge in [0, 0.05) is 19.3 Å². The van der Waals surface area contributed by atoms with E-state index in [0.717, 1.165) is 13.0 Å². The molecule has 0 aliphatic rings. The minimum atomic E-state index is 0.366. The van der Waals surface area contributed by atoms with Crippen molar-refractivity contribution in [2.24, 2.45) is 7.05 Å². The van der Waals surface area contributed by atoms with Crippen molar-refractivity contribution >= 4 is 0 Å². The number of aryl methyl sites for hydroxylation is 1. The van der Waals surface area contributed by atoms with Crippen LogP contribution in [0.1, 0.15) is 24.1 Å². The number of hydrogen-bond donors (Lipinski definition) is 1. The predicted molar refractivity (Wildman–Crippen MR) is 69.8 cm³/mol. The van der Waals surface area contributed by atoms with Gasteiger partial charge in [0.25, 0.3) is 0 Å². The molecule has 1 aromatic heterocycles. The molecule has 17 heavy (non-hydrogen) atoms. The first-order valence-corrected chi connectivity index (χ1v) is 6.05. The summed E-state index contributed by atoms with van der Waals surface area (Å²) in [6, 6.07) is 10.9. The molecule has 0 spiro atoms. The van der Waals surface area contributed by atoms with Gasteiger partial charge in [-0.2, -0.15) is 5.10 Å². The normalized spacial score (nSPS) is 12.6. The van der Waals surface area contributed by atoms with Crippen molar-refractivity contribution < 1.29 is 0 Å². The molecule has 0 radical (unpaired) electrons. The van der Waals surface area contributed by atoms with Gasteiger partial charge in [0.1, 0.15) is 0 Å². The zero-order chi connectivity index (χ0) is 12.1. The number of nitrogens with one attached hydrogen (secondary N) is 1. The summed E-state index contributed by atoms with van der Waals surface area (Å²) >= 11 is 0. The maximum atomic E-state index is 4.21. The molecule has 0 bridgehead atoms. The third-order valence-corrected chi connectivity index (χ3v) is 2.85. The molecule has 0 aliphatic carbocycles. The minimum absolute atomic E-state index is 0.366. The van der Waals surface area contributed by atoms with Crippen LogP contribution in [-0.4, -0.2) is 16.3 Å². The SMILES string of the molecule is CCNC(Cc1cnn(C)c1)c1ccccc1. The van der Waals surface area contributed by atoms with Crippen molar-refractivity contribution in [3.05, 3.63) is 53.9 Å². The lowest BCUT2D eigenvalue weighted by Gasteiger charge is -2.17. The number of hydrogen-bond acceptors (Lipinski definition) is 2. The van der Waals surface area contributed by atoms with Gasteiger partial charge in [-0.15, -0.1) is 0 Å². The molecular weight excluding hydrogens is 210 g/mol. The highest BCUT2D eigenvalue weighted by molar-refractivity contribution is 5.21. The average molecular weight is 229 g/mol. The Morgan fingerprint density at radius 3 is 2.65 bits per heavy atom. The van der Waals surface area contributed by atoms with Gasteiger partial charge in [-0.25, -0.2) is 0 Å². The molecule has 1 heterocycles. The first kappa shape index (κ1) is 11.9. The van der Waals surface area contributed by atoms with Gasteiger partial charge in [-0.1, -0.05) is 37.3 Å². The Balaban J connectivity index is 2.13. The van der Waals surface area contributed by atoms with Gasteiger partial charge >= 0.3 is 0 Å². The van der Waals surface area contributed by atoms with Crippen LogP contribution < -0.4 is 5.32 Å². The number of rotatable bonds is 5. The molecule has 1 aromatic carbocycles. The lowest BCUT2D eigenvalue weighted by atomic mass is 10.0. The Labute approximate surface area is 102 Å². The summed E-state index contributed by atoms with van der Waals surface area (Å²) in [7, 11) is 1.95. The van der Waals surface area contributed by atoms with Crippen LogP contribution >= 0.6 is 0 Å². The summed E-state index contributed by atoms with van der Waals surface area (Å²) in [5.41, 5.74) is 2.60. The van der Waals surface area contributed by atoms with Crippen LogP contribution in [-0.2, 0) is 13.5 Å². The topological polar surface area (TPSA) is 29.9 Å². The summed E-state index contributed by atoms with van der Waals surface area (Å²) in [6.07, 6.45) is 4.99. The van der Waals surface area contributed by atoms with Crippen LogP contribution in [0.2, 0.25) is 0 Å². The van der Waals surface area contributed by atoms with Crippen LogP contribution in [0.15, 0.2) is 42.7 Å². The van der Waals surface area contributed by atoms with E-state index in [0.29, 0.717) is 6.04 Å². The molecule has 0 saturated carbocycles. The Morgan fingerprint density at radius 1 is 1.29 bits per heavy atom. The van der Waals surface area contributed by atoms with Crippen molar-refractivity contribution in [3.63, 3.8) is 0 Å². The molecule has 0 saturated heterocycles. The summed E-state index contributed by atoms with van der Waals surface area (Å²) in [4.78, 5) is 0. The van der Waals surface area contributed by atoms with Crippen LogP contribution in [0.3, 0.4) is 0 Å². The summed E-state index contributed by atoms with van der Waals surface area (Å²) in [5, 5.41) is 7.73. The molecule has 2 aromatic rings. The Hall–Kier alpha value is -1.61. The van der Waals surface area contributed by atoms with Gasteiger partial charge in [0.2, 0.25) is 0 Å². The number of likely N-dealkylation sites (N-methyl/N-ethyl adjacent to an activating group) is 1. The summed E-state index contributed by atoms with van der Waals surface area (Å²) < 4.78 is 1.85. The van der Waals surface area contributed by atoms with Crippen LogP contribution in [0.25, 0.3) is 0 Å². The fourth-order valence-corrected chi connectivity index (χ4v) is 2.05. The number of aromatic nitrogens is 2. The smallest absolute Gasteiger partial charge is 0.0522 e. The number of nitrogens with zero attached hydrogens (tertiary/aromatic N) is 2. The largest absolute Gasteiger partial charge is 0.310 e. The van der Waals surface area contributed by atoms with Crippen LogP contribution in [0.5, 0.6) is 0 Å². The van der Waals surface area contributed by atoms with E-state index in [1.165, 1.54) is 11.1 Å². The highest BCUT2D eigenvalue weighted by Crippen LogP contribution is 2.17. The quantitative estimate of drug-likeness (QED) is 0.852. The van der Waals surface area contributed by atoms with Crippen molar-refractivity contribution in [2.75, 3.05) is 6.54 Å². The van der Waals surface area contributed by atoms with E-state index in [2.05, 4.69) is 53.9 Å². The number of benzene rings is 1. The van der Waals surface area contributed by atoms with Crippen molar-refractivity contribution in [1.29, 1.82) is 0 Å². The summed E-state index contributed by atoms with van der Waals surface area (Å²) in [6.45, 7) is 3.11.